The van der Waals surface area contributed by atoms with Crippen LogP contribution in [0.4, 0.5) is 11.4 Å². The third kappa shape index (κ3) is 3.55. The summed E-state index contributed by atoms with van der Waals surface area (Å²) in [6, 6.07) is 25.2. The van der Waals surface area contributed by atoms with E-state index in [1.165, 1.54) is 0 Å². The first kappa shape index (κ1) is 15.2. The van der Waals surface area contributed by atoms with Crippen LogP contribution in [-0.2, 0) is 0 Å². The lowest BCUT2D eigenvalue weighted by Gasteiger charge is -2.21. The Bertz CT molecular complexity index is 792. The molecule has 1 heterocycles. The SMILES string of the molecule is O=C(O)c1cccc2c1Nc1ccccc1S2.c1ccccc1. The summed E-state index contributed by atoms with van der Waals surface area (Å²) in [6.45, 7) is 0. The van der Waals surface area contributed by atoms with Crippen LogP contribution in [0.15, 0.2) is 88.7 Å². The third-order valence-electron chi connectivity index (χ3n) is 3.29. The minimum absolute atomic E-state index is 0.310. The van der Waals surface area contributed by atoms with Gasteiger partial charge < -0.3 is 10.4 Å². The van der Waals surface area contributed by atoms with Crippen molar-refractivity contribution in [3.63, 3.8) is 0 Å². The Morgan fingerprint density at radius 3 is 2.04 bits per heavy atom. The van der Waals surface area contributed by atoms with Gasteiger partial charge in [-0.05, 0) is 24.3 Å². The molecule has 0 fully saturated rings. The van der Waals surface area contributed by atoms with Crippen molar-refractivity contribution >= 4 is 29.1 Å². The minimum atomic E-state index is -0.908. The van der Waals surface area contributed by atoms with E-state index >= 15 is 0 Å². The molecule has 114 valence electrons. The number of nitrogens with one attached hydrogen (secondary N) is 1. The quantitative estimate of drug-likeness (QED) is 0.501. The molecule has 23 heavy (non-hydrogen) atoms. The van der Waals surface area contributed by atoms with E-state index < -0.39 is 5.97 Å². The van der Waals surface area contributed by atoms with Crippen LogP contribution in [-0.4, -0.2) is 11.1 Å². The second kappa shape index (κ2) is 7.03. The number of para-hydroxylation sites is 2. The lowest BCUT2D eigenvalue weighted by Crippen LogP contribution is -2.07. The van der Waals surface area contributed by atoms with Crippen molar-refractivity contribution in [1.29, 1.82) is 0 Å². The van der Waals surface area contributed by atoms with Gasteiger partial charge in [-0.2, -0.15) is 0 Å². The number of benzene rings is 3. The average molecular weight is 321 g/mol. The fraction of sp³-hybridized carbons (Fsp3) is 0. The lowest BCUT2D eigenvalue weighted by molar-refractivity contribution is 0.0698. The molecular weight excluding hydrogens is 306 g/mol. The van der Waals surface area contributed by atoms with Gasteiger partial charge >= 0.3 is 5.97 Å². The topological polar surface area (TPSA) is 49.3 Å². The maximum Gasteiger partial charge on any atom is 0.337 e. The van der Waals surface area contributed by atoms with Crippen molar-refractivity contribution in [2.24, 2.45) is 0 Å². The fourth-order valence-electron chi connectivity index (χ4n) is 2.22. The summed E-state index contributed by atoms with van der Waals surface area (Å²) in [6.07, 6.45) is 0. The van der Waals surface area contributed by atoms with Crippen LogP contribution in [0.5, 0.6) is 0 Å². The summed E-state index contributed by atoms with van der Waals surface area (Å²) in [5.74, 6) is -0.908. The second-order valence-electron chi connectivity index (χ2n) is 4.86. The molecule has 3 aromatic rings. The summed E-state index contributed by atoms with van der Waals surface area (Å²) >= 11 is 1.59. The van der Waals surface area contributed by atoms with Crippen LogP contribution in [0, 0.1) is 0 Å². The number of aromatic carboxylic acids is 1. The van der Waals surface area contributed by atoms with Gasteiger partial charge in [0.25, 0.3) is 0 Å². The van der Waals surface area contributed by atoms with Crippen LogP contribution in [0.2, 0.25) is 0 Å². The maximum absolute atomic E-state index is 11.1. The lowest BCUT2D eigenvalue weighted by atomic mass is 10.1. The van der Waals surface area contributed by atoms with E-state index in [1.54, 1.807) is 23.9 Å². The van der Waals surface area contributed by atoms with Gasteiger partial charge in [-0.3, -0.25) is 0 Å². The molecule has 1 aliphatic rings. The van der Waals surface area contributed by atoms with Crippen molar-refractivity contribution in [2.75, 3.05) is 5.32 Å². The Labute approximate surface area is 139 Å². The second-order valence-corrected chi connectivity index (χ2v) is 5.95. The number of hydrogen-bond acceptors (Lipinski definition) is 3. The van der Waals surface area contributed by atoms with E-state index in [-0.39, 0.29) is 0 Å². The molecule has 0 radical (unpaired) electrons. The van der Waals surface area contributed by atoms with Gasteiger partial charge in [0.2, 0.25) is 0 Å². The van der Waals surface area contributed by atoms with Crippen molar-refractivity contribution in [2.45, 2.75) is 9.79 Å². The highest BCUT2D eigenvalue weighted by atomic mass is 32.2. The molecule has 0 bridgehead atoms. The number of anilines is 2. The third-order valence-corrected chi connectivity index (χ3v) is 4.43. The van der Waals surface area contributed by atoms with Gasteiger partial charge in [0, 0.05) is 9.79 Å². The molecule has 0 unspecified atom stereocenters. The Kier molecular flexibility index (Phi) is 4.64. The summed E-state index contributed by atoms with van der Waals surface area (Å²) in [4.78, 5) is 13.2. The maximum atomic E-state index is 11.1. The Morgan fingerprint density at radius 1 is 0.783 bits per heavy atom. The largest absolute Gasteiger partial charge is 0.478 e. The van der Waals surface area contributed by atoms with E-state index in [0.29, 0.717) is 11.3 Å². The van der Waals surface area contributed by atoms with Crippen molar-refractivity contribution in [3.8, 4) is 0 Å². The van der Waals surface area contributed by atoms with E-state index in [9.17, 15) is 4.79 Å². The molecule has 0 amide bonds. The van der Waals surface area contributed by atoms with Crippen LogP contribution >= 0.6 is 11.8 Å². The molecule has 4 rings (SSSR count). The van der Waals surface area contributed by atoms with E-state index in [2.05, 4.69) is 5.32 Å². The van der Waals surface area contributed by atoms with Gasteiger partial charge in [0.15, 0.2) is 0 Å². The molecule has 4 heteroatoms. The standard InChI is InChI=1S/C13H9NO2S.C6H6/c15-13(16)8-4-3-7-11-12(8)14-9-5-1-2-6-10(9)17-11;1-2-4-6-5-3-1/h1-7,14H,(H,15,16);1-6H. The van der Waals surface area contributed by atoms with E-state index in [4.69, 9.17) is 5.11 Å². The van der Waals surface area contributed by atoms with Crippen molar-refractivity contribution < 1.29 is 9.90 Å². The number of carboxylic acids is 1. The summed E-state index contributed by atoms with van der Waals surface area (Å²) in [5, 5.41) is 12.3. The van der Waals surface area contributed by atoms with Crippen molar-refractivity contribution in [3.05, 3.63) is 84.4 Å². The fourth-order valence-corrected chi connectivity index (χ4v) is 3.24. The highest BCUT2D eigenvalue weighted by Crippen LogP contribution is 2.45. The highest BCUT2D eigenvalue weighted by molar-refractivity contribution is 7.99. The van der Waals surface area contributed by atoms with Crippen LogP contribution < -0.4 is 5.32 Å². The van der Waals surface area contributed by atoms with Crippen LogP contribution in [0.1, 0.15) is 10.4 Å². The molecule has 0 spiro atoms. The summed E-state index contributed by atoms with van der Waals surface area (Å²) in [5.41, 5.74) is 1.95. The monoisotopic (exact) mass is 321 g/mol. The van der Waals surface area contributed by atoms with Crippen LogP contribution in [0.3, 0.4) is 0 Å². The van der Waals surface area contributed by atoms with Gasteiger partial charge in [0.05, 0.1) is 16.9 Å². The zero-order valence-electron chi connectivity index (χ0n) is 12.3. The summed E-state index contributed by atoms with van der Waals surface area (Å²) < 4.78 is 0. The van der Waals surface area contributed by atoms with E-state index in [0.717, 1.165) is 15.5 Å². The van der Waals surface area contributed by atoms with Gasteiger partial charge in [-0.25, -0.2) is 4.79 Å². The average Bonchev–Trinajstić information content (AvgIpc) is 2.61. The zero-order chi connectivity index (χ0) is 16.1. The van der Waals surface area contributed by atoms with Gasteiger partial charge in [-0.15, -0.1) is 0 Å². The van der Waals surface area contributed by atoms with Crippen molar-refractivity contribution in [1.82, 2.24) is 0 Å². The molecular formula is C19H15NO2S. The summed E-state index contributed by atoms with van der Waals surface area (Å²) in [7, 11) is 0. The van der Waals surface area contributed by atoms with E-state index in [1.807, 2.05) is 66.7 Å². The van der Waals surface area contributed by atoms with Gasteiger partial charge in [-0.1, -0.05) is 66.4 Å². The number of carboxylic acid groups (broad SMARTS) is 1. The highest BCUT2D eigenvalue weighted by Gasteiger charge is 2.20. The molecule has 1 aliphatic heterocycles. The number of hydrogen-bond donors (Lipinski definition) is 2. The minimum Gasteiger partial charge on any atom is -0.478 e. The molecule has 3 nitrogen and oxygen atoms in total. The zero-order valence-corrected chi connectivity index (χ0v) is 13.1. The number of fused-ring (bicyclic) bond motifs is 2. The Balaban J connectivity index is 0.000000220. The molecule has 0 aliphatic carbocycles. The van der Waals surface area contributed by atoms with Gasteiger partial charge in [0.1, 0.15) is 0 Å². The Morgan fingerprint density at radius 2 is 1.39 bits per heavy atom. The number of rotatable bonds is 1. The first-order valence-electron chi connectivity index (χ1n) is 7.16. The molecule has 0 saturated carbocycles. The first-order valence-corrected chi connectivity index (χ1v) is 7.97. The van der Waals surface area contributed by atoms with Crippen LogP contribution in [0.25, 0.3) is 0 Å². The first-order chi connectivity index (χ1) is 11.3. The molecule has 0 atom stereocenters. The predicted octanol–water partition coefficient (Wildman–Crippen LogP) is 5.28. The molecule has 0 aromatic heterocycles. The predicted molar refractivity (Wildman–Crippen MR) is 93.7 cm³/mol. The molecule has 2 N–H and O–H groups in total. The Hall–Kier alpha value is -2.72. The molecule has 0 saturated heterocycles. The molecule has 3 aromatic carbocycles. The normalized spacial score (nSPS) is 11.1. The number of carbonyl (C=O) groups is 1. The smallest absolute Gasteiger partial charge is 0.337 e.